The fourth-order valence-corrected chi connectivity index (χ4v) is 14.7. The smallest absolute Gasteiger partial charge is 0.377 e. The average Bonchev–Trinajstić information content (AvgIpc) is 3.21. The minimum Gasteiger partial charge on any atom is -0.377 e. The van der Waals surface area contributed by atoms with Gasteiger partial charge in [-0.25, -0.2) is 4.98 Å². The number of fused-ring (bicyclic) bond motifs is 1. The first-order valence-electron chi connectivity index (χ1n) is 9.54. The van der Waals surface area contributed by atoms with Crippen LogP contribution in [0.2, 0.25) is 6.04 Å². The number of hydrogen-bond acceptors (Lipinski definition) is 10. The van der Waals surface area contributed by atoms with Gasteiger partial charge in [-0.05, 0) is 94.6 Å². The van der Waals surface area contributed by atoms with Crippen molar-refractivity contribution in [1.29, 1.82) is 0 Å². The lowest BCUT2D eigenvalue weighted by molar-refractivity contribution is 0.123. The molecular weight excluding hydrogens is 523 g/mol. The maximum Gasteiger partial charge on any atom is 0.500 e. The van der Waals surface area contributed by atoms with Gasteiger partial charge in [-0.2, -0.15) is 0 Å². The van der Waals surface area contributed by atoms with Crippen LogP contribution in [0.3, 0.4) is 0 Å². The maximum absolute atomic E-state index is 5.55. The molecule has 1 heterocycles. The Morgan fingerprint density at radius 1 is 0.935 bits per heavy atom. The Balaban J connectivity index is 1.47. The largest absolute Gasteiger partial charge is 0.500 e. The summed E-state index contributed by atoms with van der Waals surface area (Å²) in [4.78, 5) is 5.98. The zero-order valence-corrected chi connectivity index (χ0v) is 23.7. The molecule has 0 radical (unpaired) electrons. The molecule has 0 unspecified atom stereocenters. The van der Waals surface area contributed by atoms with Crippen molar-refractivity contribution >= 4 is 81.4 Å². The third-order valence-electron chi connectivity index (χ3n) is 4.64. The van der Waals surface area contributed by atoms with Crippen LogP contribution in [-0.4, -0.2) is 35.1 Å². The third-order valence-corrected chi connectivity index (χ3v) is 17.2. The summed E-state index contributed by atoms with van der Waals surface area (Å²) >= 11 is 1.75. The highest BCUT2D eigenvalue weighted by molar-refractivity contribution is 9.35. The molecule has 0 N–H and O–H groups in total. The predicted octanol–water partition coefficient (Wildman–Crippen LogP) is 8.16. The van der Waals surface area contributed by atoms with Crippen LogP contribution in [0.25, 0.3) is 10.2 Å². The van der Waals surface area contributed by atoms with E-state index in [0.717, 1.165) is 28.7 Å². The zero-order chi connectivity index (χ0) is 22.1. The molecule has 0 aliphatic carbocycles. The monoisotopic (exact) mass is 547 g/mol. The van der Waals surface area contributed by atoms with Gasteiger partial charge in [-0.1, -0.05) is 29.8 Å². The van der Waals surface area contributed by atoms with E-state index in [1.54, 1.807) is 72.9 Å². The van der Waals surface area contributed by atoms with Crippen molar-refractivity contribution in [3.8, 4) is 0 Å². The Kier molecular flexibility index (Phi) is 11.0. The molecule has 0 saturated heterocycles. The normalized spacial score (nSPS) is 12.0. The first kappa shape index (κ1) is 25.8. The molecule has 2 aromatic carbocycles. The van der Waals surface area contributed by atoms with Crippen LogP contribution >= 0.6 is 62.4 Å². The third kappa shape index (κ3) is 7.59. The van der Waals surface area contributed by atoms with Crippen LogP contribution in [0, 0.1) is 6.92 Å². The highest BCUT2D eigenvalue weighted by Gasteiger charge is 2.36. The minimum absolute atomic E-state index is 0.811. The summed E-state index contributed by atoms with van der Waals surface area (Å²) in [6, 6.07) is 15.8. The Labute approximate surface area is 208 Å². The van der Waals surface area contributed by atoms with Crippen molar-refractivity contribution in [1.82, 2.24) is 4.98 Å². The fraction of sp³-hybridized carbons (Fsp3) is 0.350. The second kappa shape index (κ2) is 13.2. The molecule has 3 aromatic rings. The van der Waals surface area contributed by atoms with Gasteiger partial charge in [0.15, 0.2) is 4.34 Å². The van der Waals surface area contributed by atoms with Crippen molar-refractivity contribution in [2.45, 2.75) is 35.0 Å². The Morgan fingerprint density at radius 2 is 1.68 bits per heavy atom. The molecule has 3 rings (SSSR count). The van der Waals surface area contributed by atoms with E-state index in [1.807, 2.05) is 16.9 Å². The zero-order valence-electron chi connectivity index (χ0n) is 17.8. The van der Waals surface area contributed by atoms with Gasteiger partial charge >= 0.3 is 8.80 Å². The lowest BCUT2D eigenvalue weighted by atomic mass is 10.1. The molecule has 31 heavy (non-hydrogen) atoms. The van der Waals surface area contributed by atoms with Crippen molar-refractivity contribution in [3.63, 3.8) is 0 Å². The van der Waals surface area contributed by atoms with Gasteiger partial charge in [0.2, 0.25) is 0 Å². The number of benzene rings is 2. The van der Waals surface area contributed by atoms with Crippen molar-refractivity contribution in [3.05, 3.63) is 53.6 Å². The van der Waals surface area contributed by atoms with E-state index in [1.165, 1.54) is 20.7 Å². The fourth-order valence-electron chi connectivity index (χ4n) is 3.03. The second-order valence-electron chi connectivity index (χ2n) is 6.58. The first-order chi connectivity index (χ1) is 15.1. The topological polar surface area (TPSA) is 40.6 Å². The average molecular weight is 548 g/mol. The second-order valence-corrected chi connectivity index (χ2v) is 18.4. The molecule has 0 aliphatic heterocycles. The molecule has 0 spiro atoms. The maximum atomic E-state index is 5.55. The van der Waals surface area contributed by atoms with E-state index >= 15 is 0 Å². The molecular formula is C20H25NO3S6Si. The molecule has 0 aliphatic rings. The van der Waals surface area contributed by atoms with E-state index in [2.05, 4.69) is 48.3 Å². The van der Waals surface area contributed by atoms with Crippen molar-refractivity contribution < 1.29 is 13.3 Å². The summed E-state index contributed by atoms with van der Waals surface area (Å²) in [6.45, 7) is 2.14. The standard InChI is InChI=1S/C20H25NO3S6Si/c1-15-11-12-18(16(14-15)8-7-13-31(22-2,23-3)24-4)26-28-30-29-27-20-21-17-9-5-6-10-19(17)25-20/h5-6,9-12,14H,7-8,13H2,1-4H3. The van der Waals surface area contributed by atoms with Crippen LogP contribution in [-0.2, 0) is 19.7 Å². The van der Waals surface area contributed by atoms with Gasteiger partial charge in [-0.3, -0.25) is 0 Å². The summed E-state index contributed by atoms with van der Waals surface area (Å²) < 4.78 is 19.0. The van der Waals surface area contributed by atoms with Gasteiger partial charge in [0.1, 0.15) is 0 Å². The summed E-state index contributed by atoms with van der Waals surface area (Å²) in [5.41, 5.74) is 3.73. The van der Waals surface area contributed by atoms with Gasteiger partial charge in [0.05, 0.1) is 10.2 Å². The van der Waals surface area contributed by atoms with E-state index in [4.69, 9.17) is 13.3 Å². The molecule has 11 heteroatoms. The molecule has 1 aromatic heterocycles. The number of thiazole rings is 1. The van der Waals surface area contributed by atoms with E-state index in [0.29, 0.717) is 0 Å². The Morgan fingerprint density at radius 3 is 2.42 bits per heavy atom. The number of nitrogens with zero attached hydrogens (tertiary/aromatic N) is 1. The Bertz CT molecular complexity index is 928. The van der Waals surface area contributed by atoms with Crippen molar-refractivity contribution in [2.75, 3.05) is 21.3 Å². The summed E-state index contributed by atoms with van der Waals surface area (Å²) in [6.07, 6.45) is 1.95. The number of aromatic nitrogens is 1. The molecule has 4 nitrogen and oxygen atoms in total. The van der Waals surface area contributed by atoms with Gasteiger partial charge < -0.3 is 13.3 Å². The highest BCUT2D eigenvalue weighted by atomic mass is 33.8. The predicted molar refractivity (Wildman–Crippen MR) is 145 cm³/mol. The van der Waals surface area contributed by atoms with Gasteiger partial charge in [0, 0.05) is 32.3 Å². The number of para-hydroxylation sites is 1. The molecule has 0 amide bonds. The van der Waals surface area contributed by atoms with Gasteiger partial charge in [0.25, 0.3) is 0 Å². The van der Waals surface area contributed by atoms with Crippen LogP contribution < -0.4 is 0 Å². The first-order valence-corrected chi connectivity index (χ1v) is 18.4. The lowest BCUT2D eigenvalue weighted by Crippen LogP contribution is -2.42. The molecule has 0 atom stereocenters. The van der Waals surface area contributed by atoms with Crippen LogP contribution in [0.4, 0.5) is 0 Å². The molecule has 0 fully saturated rings. The number of hydrogen-bond donors (Lipinski definition) is 0. The summed E-state index contributed by atoms with van der Waals surface area (Å²) in [5, 5.41) is 0. The highest BCUT2D eigenvalue weighted by Crippen LogP contribution is 2.54. The summed E-state index contributed by atoms with van der Waals surface area (Å²) in [7, 11) is 11.4. The number of rotatable bonds is 13. The van der Waals surface area contributed by atoms with E-state index < -0.39 is 8.80 Å². The quantitative estimate of drug-likeness (QED) is 0.120. The van der Waals surface area contributed by atoms with E-state index in [9.17, 15) is 0 Å². The lowest BCUT2D eigenvalue weighted by Gasteiger charge is -2.24. The van der Waals surface area contributed by atoms with E-state index in [-0.39, 0.29) is 0 Å². The van der Waals surface area contributed by atoms with Crippen LogP contribution in [0.5, 0.6) is 0 Å². The number of aryl methyl sites for hydroxylation is 2. The van der Waals surface area contributed by atoms with Crippen LogP contribution in [0.15, 0.2) is 51.7 Å². The molecule has 168 valence electrons. The van der Waals surface area contributed by atoms with Crippen molar-refractivity contribution in [2.24, 2.45) is 0 Å². The Hall–Kier alpha value is 0.177. The van der Waals surface area contributed by atoms with Gasteiger partial charge in [-0.15, -0.1) is 11.3 Å². The SMILES string of the molecule is CO[Si](CCCc1cc(C)ccc1SSSSSc1nc2ccccc2s1)(OC)OC. The molecule has 0 saturated carbocycles. The summed E-state index contributed by atoms with van der Waals surface area (Å²) in [5.74, 6) is 0. The van der Waals surface area contributed by atoms with Crippen LogP contribution in [0.1, 0.15) is 17.5 Å². The minimum atomic E-state index is -2.51. The molecule has 0 bridgehead atoms.